The number of aryl methyl sites for hydroxylation is 2. The normalized spacial score (nSPS) is 14.6. The Balaban J connectivity index is 1.50. The third-order valence-corrected chi connectivity index (χ3v) is 6.99. The summed E-state index contributed by atoms with van der Waals surface area (Å²) in [6.45, 7) is 1.38. The molecule has 29 heavy (non-hydrogen) atoms. The van der Waals surface area contributed by atoms with Crippen LogP contribution < -0.4 is 4.90 Å². The summed E-state index contributed by atoms with van der Waals surface area (Å²) in [6, 6.07) is 11.3. The maximum Gasteiger partial charge on any atom is 0.348 e. The van der Waals surface area contributed by atoms with Gasteiger partial charge in [0.2, 0.25) is 5.78 Å². The minimum atomic E-state index is -0.586. The van der Waals surface area contributed by atoms with E-state index < -0.39 is 18.4 Å². The Bertz CT molecular complexity index is 1200. The maximum absolute atomic E-state index is 12.6. The highest BCUT2D eigenvalue weighted by atomic mass is 32.2. The molecule has 2 aromatic heterocycles. The van der Waals surface area contributed by atoms with E-state index in [2.05, 4.69) is 5.10 Å². The highest BCUT2D eigenvalue weighted by Crippen LogP contribution is 2.46. The predicted octanol–water partition coefficient (Wildman–Crippen LogP) is 3.65. The van der Waals surface area contributed by atoms with E-state index >= 15 is 0 Å². The number of Topliss-reactive ketones (excluding diaryl/α,β-unsaturated/α-hetero) is 1. The number of benzene rings is 1. The summed E-state index contributed by atoms with van der Waals surface area (Å²) in [4.78, 5) is 29.1. The molecule has 146 valence electrons. The van der Waals surface area contributed by atoms with Crippen LogP contribution in [0.25, 0.3) is 10.2 Å². The molecule has 0 saturated heterocycles. The molecule has 1 aliphatic rings. The van der Waals surface area contributed by atoms with Crippen molar-refractivity contribution in [2.75, 3.05) is 18.6 Å². The number of hydrogen-bond acceptors (Lipinski definition) is 8. The maximum atomic E-state index is 12.6. The van der Waals surface area contributed by atoms with Crippen molar-refractivity contribution in [3.63, 3.8) is 0 Å². The van der Waals surface area contributed by atoms with Crippen LogP contribution >= 0.6 is 23.1 Å². The number of thiophene rings is 1. The van der Waals surface area contributed by atoms with Crippen LogP contribution in [0.2, 0.25) is 0 Å². The van der Waals surface area contributed by atoms with Crippen LogP contribution in [0.1, 0.15) is 15.4 Å². The summed E-state index contributed by atoms with van der Waals surface area (Å²) in [7, 11) is 3.61. The lowest BCUT2D eigenvalue weighted by Gasteiger charge is -2.14. The van der Waals surface area contributed by atoms with Gasteiger partial charge in [0.05, 0.1) is 11.4 Å². The van der Waals surface area contributed by atoms with E-state index in [4.69, 9.17) is 4.74 Å². The van der Waals surface area contributed by atoms with Gasteiger partial charge in [0, 0.05) is 24.4 Å². The van der Waals surface area contributed by atoms with Crippen molar-refractivity contribution in [2.45, 2.75) is 11.8 Å². The van der Waals surface area contributed by atoms with Crippen molar-refractivity contribution in [3.05, 3.63) is 51.5 Å². The molecule has 9 heteroatoms. The topological polar surface area (TPSA) is 88.2 Å². The van der Waals surface area contributed by atoms with Crippen LogP contribution in [0, 0.1) is 18.3 Å². The molecule has 0 unspecified atom stereocenters. The molecule has 0 atom stereocenters. The summed E-state index contributed by atoms with van der Waals surface area (Å²) in [6.07, 6.45) is 0. The molecule has 0 fully saturated rings. The number of hydrogen-bond donors (Lipinski definition) is 0. The number of para-hydroxylation sites is 1. The largest absolute Gasteiger partial charge is 0.453 e. The Hall–Kier alpha value is -3.09. The second kappa shape index (κ2) is 7.39. The minimum absolute atomic E-state index is 0.0158. The number of thioether (sulfide) groups is 1. The number of aromatic nitrogens is 2. The molecular formula is C20H16N4O3S2. The first kappa shape index (κ1) is 19.2. The van der Waals surface area contributed by atoms with Crippen molar-refractivity contribution in [1.29, 1.82) is 5.26 Å². The lowest BCUT2D eigenvalue weighted by molar-refractivity contribution is -0.118. The summed E-state index contributed by atoms with van der Waals surface area (Å²) in [5, 5.41) is 15.3. The molecule has 0 amide bonds. The molecule has 7 nitrogen and oxygen atoms in total. The number of nitriles is 1. The molecular weight excluding hydrogens is 408 g/mol. The fourth-order valence-corrected chi connectivity index (χ4v) is 5.31. The lowest BCUT2D eigenvalue weighted by atomic mass is 10.2. The zero-order valence-corrected chi connectivity index (χ0v) is 17.6. The third-order valence-electron chi connectivity index (χ3n) is 4.57. The Labute approximate surface area is 175 Å². The van der Waals surface area contributed by atoms with Gasteiger partial charge in [-0.3, -0.25) is 9.48 Å². The smallest absolute Gasteiger partial charge is 0.348 e. The molecule has 1 aromatic carbocycles. The monoisotopic (exact) mass is 424 g/mol. The zero-order valence-electron chi connectivity index (χ0n) is 15.9. The zero-order chi connectivity index (χ0) is 20.7. The molecule has 0 spiro atoms. The van der Waals surface area contributed by atoms with Crippen molar-refractivity contribution in [2.24, 2.45) is 7.05 Å². The van der Waals surface area contributed by atoms with Crippen molar-refractivity contribution < 1.29 is 14.3 Å². The van der Waals surface area contributed by atoms with Gasteiger partial charge in [-0.1, -0.05) is 23.9 Å². The SMILES string of the molecule is Cc1nn(C)c2sc(C(=O)OCC(=O)C(C#N)=C3Sc4ccccc4N3C)cc12. The van der Waals surface area contributed by atoms with Gasteiger partial charge in [0.1, 0.15) is 26.4 Å². The molecule has 3 heterocycles. The van der Waals surface area contributed by atoms with Gasteiger partial charge in [0.25, 0.3) is 0 Å². The number of carbonyl (C=O) groups excluding carboxylic acids is 2. The van der Waals surface area contributed by atoms with Crippen molar-refractivity contribution >= 4 is 50.8 Å². The average molecular weight is 425 g/mol. The highest BCUT2D eigenvalue weighted by Gasteiger charge is 2.28. The van der Waals surface area contributed by atoms with E-state index in [9.17, 15) is 14.9 Å². The number of ether oxygens (including phenoxy) is 1. The summed E-state index contributed by atoms with van der Waals surface area (Å²) >= 11 is 2.62. The van der Waals surface area contributed by atoms with Gasteiger partial charge in [-0.15, -0.1) is 11.3 Å². The fourth-order valence-electron chi connectivity index (χ4n) is 3.13. The van der Waals surface area contributed by atoms with E-state index in [0.717, 1.165) is 26.5 Å². The van der Waals surface area contributed by atoms with Crippen molar-refractivity contribution in [3.8, 4) is 6.07 Å². The second-order valence-electron chi connectivity index (χ2n) is 6.46. The van der Waals surface area contributed by atoms with Crippen LogP contribution in [-0.2, 0) is 16.6 Å². The van der Waals surface area contributed by atoms with Crippen LogP contribution in [-0.4, -0.2) is 35.2 Å². The van der Waals surface area contributed by atoms with Crippen LogP contribution in [0.15, 0.2) is 45.8 Å². The number of carbonyl (C=O) groups is 2. The quantitative estimate of drug-likeness (QED) is 0.359. The number of nitrogens with zero attached hydrogens (tertiary/aromatic N) is 4. The van der Waals surface area contributed by atoms with Crippen LogP contribution in [0.4, 0.5) is 5.69 Å². The number of anilines is 1. The Morgan fingerprint density at radius 1 is 1.28 bits per heavy atom. The summed E-state index contributed by atoms with van der Waals surface area (Å²) < 4.78 is 6.91. The molecule has 1 aliphatic heterocycles. The molecule has 0 saturated carbocycles. The third kappa shape index (κ3) is 3.30. The lowest BCUT2D eigenvalue weighted by Crippen LogP contribution is -2.19. The number of rotatable bonds is 4. The van der Waals surface area contributed by atoms with E-state index in [1.165, 1.54) is 23.1 Å². The Morgan fingerprint density at radius 3 is 2.72 bits per heavy atom. The standard InChI is InChI=1S/C20H16N4O3S2/c1-11-12-8-17(29-19(12)24(3)22-11)20(26)27-10-15(25)13(9-21)18-23(2)14-6-4-5-7-16(14)28-18/h4-8H,10H2,1-3H3. The van der Waals surface area contributed by atoms with Crippen LogP contribution in [0.5, 0.6) is 0 Å². The molecule has 0 N–H and O–H groups in total. The number of esters is 1. The van der Waals surface area contributed by atoms with Gasteiger partial charge in [-0.05, 0) is 25.1 Å². The predicted molar refractivity (Wildman–Crippen MR) is 112 cm³/mol. The van der Waals surface area contributed by atoms with E-state index in [1.807, 2.05) is 44.3 Å². The first-order valence-electron chi connectivity index (χ1n) is 8.69. The average Bonchev–Trinajstić information content (AvgIpc) is 3.36. The molecule has 4 rings (SSSR count). The molecule has 0 aliphatic carbocycles. The van der Waals surface area contributed by atoms with Crippen LogP contribution in [0.3, 0.4) is 0 Å². The van der Waals surface area contributed by atoms with Crippen molar-refractivity contribution in [1.82, 2.24) is 9.78 Å². The second-order valence-corrected chi connectivity index (χ2v) is 8.52. The number of ketones is 1. The minimum Gasteiger partial charge on any atom is -0.453 e. The molecule has 0 radical (unpaired) electrons. The Morgan fingerprint density at radius 2 is 2.03 bits per heavy atom. The summed E-state index contributed by atoms with van der Waals surface area (Å²) in [5.74, 6) is -1.11. The number of fused-ring (bicyclic) bond motifs is 2. The van der Waals surface area contributed by atoms with E-state index in [-0.39, 0.29) is 5.57 Å². The Kier molecular flexibility index (Phi) is 4.90. The highest BCUT2D eigenvalue weighted by molar-refractivity contribution is 8.03. The van der Waals surface area contributed by atoms with Gasteiger partial charge >= 0.3 is 5.97 Å². The van der Waals surface area contributed by atoms with Gasteiger partial charge < -0.3 is 9.64 Å². The van der Waals surface area contributed by atoms with Gasteiger partial charge in [0.15, 0.2) is 6.61 Å². The molecule has 3 aromatic rings. The van der Waals surface area contributed by atoms with Gasteiger partial charge in [-0.25, -0.2) is 4.79 Å². The first-order valence-corrected chi connectivity index (χ1v) is 10.3. The molecule has 0 bridgehead atoms. The van der Waals surface area contributed by atoms with E-state index in [1.54, 1.807) is 22.7 Å². The fraction of sp³-hybridized carbons (Fsp3) is 0.200. The van der Waals surface area contributed by atoms with Gasteiger partial charge in [-0.2, -0.15) is 10.4 Å². The van der Waals surface area contributed by atoms with E-state index in [0.29, 0.717) is 9.91 Å². The first-order chi connectivity index (χ1) is 13.9. The summed E-state index contributed by atoms with van der Waals surface area (Å²) in [5.41, 5.74) is 1.74.